The lowest BCUT2D eigenvalue weighted by Gasteiger charge is -2.06. The normalized spacial score (nSPS) is 10.5. The Morgan fingerprint density at radius 1 is 1.21 bits per heavy atom. The van der Waals surface area contributed by atoms with Gasteiger partial charge in [0.2, 0.25) is 0 Å². The Kier molecular flexibility index (Phi) is 4.67. The summed E-state index contributed by atoms with van der Waals surface area (Å²) < 4.78 is 28.2. The molecule has 5 heteroatoms. The highest BCUT2D eigenvalue weighted by atomic mass is 127. The number of Topliss-reactive ketones (excluding diaryl/α,β-unsaturated/α-hetero) is 1. The van der Waals surface area contributed by atoms with E-state index >= 15 is 0 Å². The van der Waals surface area contributed by atoms with Gasteiger partial charge in [-0.15, -0.1) is 0 Å². The first-order valence-corrected chi connectivity index (χ1v) is 7.27. The van der Waals surface area contributed by atoms with Crippen LogP contribution in [0.3, 0.4) is 0 Å². The van der Waals surface area contributed by atoms with Gasteiger partial charge in [0.05, 0.1) is 0 Å². The smallest absolute Gasteiger partial charge is 0.168 e. The lowest BCUT2D eigenvalue weighted by Crippen LogP contribution is -2.08. The topological polar surface area (TPSA) is 17.1 Å². The fraction of sp³-hybridized carbons (Fsp3) is 0.0714. The van der Waals surface area contributed by atoms with Crippen molar-refractivity contribution in [1.82, 2.24) is 0 Å². The zero-order valence-corrected chi connectivity index (χ0v) is 13.3. The van der Waals surface area contributed by atoms with Crippen molar-refractivity contribution in [2.45, 2.75) is 6.42 Å². The van der Waals surface area contributed by atoms with Gasteiger partial charge in [0, 0.05) is 20.0 Å². The summed E-state index contributed by atoms with van der Waals surface area (Å²) >= 11 is 5.33. The first-order valence-electron chi connectivity index (χ1n) is 5.40. The Bertz CT molecular complexity index is 643. The van der Waals surface area contributed by atoms with Gasteiger partial charge in [0.25, 0.3) is 0 Å². The highest BCUT2D eigenvalue weighted by Gasteiger charge is 2.15. The van der Waals surface area contributed by atoms with Crippen LogP contribution in [0, 0.1) is 15.2 Å². The molecule has 2 rings (SSSR count). The summed E-state index contributed by atoms with van der Waals surface area (Å²) in [4.78, 5) is 12.1. The van der Waals surface area contributed by atoms with Crippen LogP contribution < -0.4 is 0 Å². The molecule has 2 aromatic rings. The van der Waals surface area contributed by atoms with Crippen LogP contribution in [-0.2, 0) is 6.42 Å². The fourth-order valence-corrected chi connectivity index (χ4v) is 2.66. The Balaban J connectivity index is 2.31. The minimum atomic E-state index is -0.958. The fourth-order valence-electron chi connectivity index (χ4n) is 1.66. The number of halogens is 4. The van der Waals surface area contributed by atoms with Crippen molar-refractivity contribution in [2.75, 3.05) is 0 Å². The van der Waals surface area contributed by atoms with Crippen LogP contribution in [0.5, 0.6) is 0 Å². The first-order chi connectivity index (χ1) is 8.99. The van der Waals surface area contributed by atoms with Crippen molar-refractivity contribution in [3.05, 3.63) is 67.2 Å². The first kappa shape index (κ1) is 14.6. The summed E-state index contributed by atoms with van der Waals surface area (Å²) in [5, 5.41) is 0. The molecule has 98 valence electrons. The van der Waals surface area contributed by atoms with E-state index in [-0.39, 0.29) is 17.8 Å². The van der Waals surface area contributed by atoms with E-state index < -0.39 is 11.6 Å². The average molecular weight is 437 g/mol. The van der Waals surface area contributed by atoms with Gasteiger partial charge in [-0.25, -0.2) is 8.78 Å². The molecule has 19 heavy (non-hydrogen) atoms. The minimum absolute atomic E-state index is 0.0702. The summed E-state index contributed by atoms with van der Waals surface area (Å²) in [6, 6.07) is 9.14. The van der Waals surface area contributed by atoms with E-state index in [4.69, 9.17) is 0 Å². The summed E-state index contributed by atoms with van der Waals surface area (Å²) in [5.41, 5.74) is 0.569. The lowest BCUT2D eigenvalue weighted by atomic mass is 10.0. The molecule has 1 nitrogen and oxygen atoms in total. The molecule has 0 aliphatic carbocycles. The van der Waals surface area contributed by atoms with Crippen LogP contribution in [0.4, 0.5) is 8.78 Å². The van der Waals surface area contributed by atoms with E-state index in [1.54, 1.807) is 12.1 Å². The number of rotatable bonds is 3. The molecule has 2 aromatic carbocycles. The molecule has 0 saturated carbocycles. The van der Waals surface area contributed by atoms with E-state index in [1.165, 1.54) is 12.1 Å². The monoisotopic (exact) mass is 436 g/mol. The van der Waals surface area contributed by atoms with Crippen LogP contribution in [0.1, 0.15) is 15.9 Å². The molecule has 0 atom stereocenters. The number of carbonyl (C=O) groups is 1. The quantitative estimate of drug-likeness (QED) is 0.501. The second kappa shape index (κ2) is 6.09. The number of hydrogen-bond acceptors (Lipinski definition) is 1. The van der Waals surface area contributed by atoms with Crippen molar-refractivity contribution in [1.29, 1.82) is 0 Å². The second-order valence-corrected chi connectivity index (χ2v) is 6.01. The zero-order valence-electron chi connectivity index (χ0n) is 9.59. The van der Waals surface area contributed by atoms with Crippen molar-refractivity contribution in [3.63, 3.8) is 0 Å². The largest absolute Gasteiger partial charge is 0.294 e. The molecule has 0 aromatic heterocycles. The van der Waals surface area contributed by atoms with E-state index in [0.29, 0.717) is 5.56 Å². The van der Waals surface area contributed by atoms with Crippen LogP contribution >= 0.6 is 38.5 Å². The Morgan fingerprint density at radius 2 is 1.95 bits per heavy atom. The van der Waals surface area contributed by atoms with Crippen molar-refractivity contribution in [3.8, 4) is 0 Å². The van der Waals surface area contributed by atoms with Crippen LogP contribution in [0.15, 0.2) is 40.9 Å². The van der Waals surface area contributed by atoms with Gasteiger partial charge in [-0.2, -0.15) is 0 Å². The van der Waals surface area contributed by atoms with Crippen molar-refractivity contribution in [2.24, 2.45) is 0 Å². The number of benzene rings is 2. The molecule has 0 heterocycles. The predicted octanol–water partition coefficient (Wildman–Crippen LogP) is 4.76. The van der Waals surface area contributed by atoms with Crippen LogP contribution in [0.2, 0.25) is 0 Å². The van der Waals surface area contributed by atoms with Gasteiger partial charge in [-0.05, 0) is 52.4 Å². The third-order valence-corrected chi connectivity index (χ3v) is 4.05. The maximum absolute atomic E-state index is 13.5. The van der Waals surface area contributed by atoms with Gasteiger partial charge in [0.15, 0.2) is 17.4 Å². The van der Waals surface area contributed by atoms with Crippen molar-refractivity contribution < 1.29 is 13.6 Å². The molecule has 0 aliphatic rings. The van der Waals surface area contributed by atoms with Gasteiger partial charge < -0.3 is 0 Å². The average Bonchev–Trinajstić information content (AvgIpc) is 2.38. The minimum Gasteiger partial charge on any atom is -0.294 e. The summed E-state index contributed by atoms with van der Waals surface area (Å²) in [6.45, 7) is 0. The van der Waals surface area contributed by atoms with Crippen LogP contribution in [0.25, 0.3) is 0 Å². The molecule has 0 spiro atoms. The Hall–Kier alpha value is -0.820. The molecule has 0 amide bonds. The summed E-state index contributed by atoms with van der Waals surface area (Å²) in [5.74, 6) is -2.13. The van der Waals surface area contributed by atoms with Gasteiger partial charge in [-0.3, -0.25) is 4.79 Å². The molecule has 0 aliphatic heterocycles. The highest BCUT2D eigenvalue weighted by molar-refractivity contribution is 14.1. The molecule has 0 fully saturated rings. The molecule has 0 N–H and O–H groups in total. The van der Waals surface area contributed by atoms with E-state index in [2.05, 4.69) is 15.9 Å². The van der Waals surface area contributed by atoms with Crippen LogP contribution in [-0.4, -0.2) is 5.78 Å². The van der Waals surface area contributed by atoms with Gasteiger partial charge in [0.1, 0.15) is 0 Å². The molecule has 0 saturated heterocycles. The van der Waals surface area contributed by atoms with Crippen molar-refractivity contribution >= 4 is 44.3 Å². The standard InChI is InChI=1S/C14H8BrF2IO/c15-9-4-5-12(18)10(7-9)13(19)6-8-2-1-3-11(16)14(8)17/h1-5,7H,6H2. The van der Waals surface area contributed by atoms with E-state index in [0.717, 1.165) is 14.1 Å². The third-order valence-electron chi connectivity index (χ3n) is 2.61. The summed E-state index contributed by atoms with van der Waals surface area (Å²) in [7, 11) is 0. The molecular formula is C14H8BrF2IO. The molecule has 0 radical (unpaired) electrons. The lowest BCUT2D eigenvalue weighted by molar-refractivity contribution is 0.0991. The van der Waals surface area contributed by atoms with E-state index in [1.807, 2.05) is 28.7 Å². The highest BCUT2D eigenvalue weighted by Crippen LogP contribution is 2.21. The Labute approximate surface area is 131 Å². The number of ketones is 1. The summed E-state index contributed by atoms with van der Waals surface area (Å²) in [6.07, 6.45) is -0.157. The predicted molar refractivity (Wildman–Crippen MR) is 81.3 cm³/mol. The zero-order chi connectivity index (χ0) is 14.0. The molecule has 0 unspecified atom stereocenters. The number of carbonyl (C=O) groups excluding carboxylic acids is 1. The third kappa shape index (κ3) is 3.39. The number of hydrogen-bond donors (Lipinski definition) is 0. The van der Waals surface area contributed by atoms with E-state index in [9.17, 15) is 13.6 Å². The van der Waals surface area contributed by atoms with Gasteiger partial charge >= 0.3 is 0 Å². The Morgan fingerprint density at radius 3 is 2.68 bits per heavy atom. The maximum atomic E-state index is 13.5. The molecular weight excluding hydrogens is 429 g/mol. The second-order valence-electron chi connectivity index (χ2n) is 3.94. The maximum Gasteiger partial charge on any atom is 0.168 e. The SMILES string of the molecule is O=C(Cc1cccc(F)c1F)c1cc(Br)ccc1I. The molecule has 0 bridgehead atoms. The van der Waals surface area contributed by atoms with Gasteiger partial charge in [-0.1, -0.05) is 28.1 Å².